The number of H-pyrrole nitrogens is 1. The molecule has 0 radical (unpaired) electrons. The smallest absolute Gasteiger partial charge is 0.162 e. The number of rotatable bonds is 6. The highest BCUT2D eigenvalue weighted by Crippen LogP contribution is 2.35. The maximum absolute atomic E-state index is 5.49. The molecule has 0 saturated carbocycles. The second-order valence-corrected chi connectivity index (χ2v) is 7.37. The van der Waals surface area contributed by atoms with Crippen LogP contribution in [-0.4, -0.2) is 79.9 Å². The van der Waals surface area contributed by atoms with E-state index < -0.39 is 0 Å². The van der Waals surface area contributed by atoms with E-state index in [-0.39, 0.29) is 6.04 Å². The van der Waals surface area contributed by atoms with E-state index in [4.69, 9.17) is 9.47 Å². The number of ether oxygens (including phenoxy) is 2. The Labute approximate surface area is 181 Å². The topological polar surface area (TPSA) is 91.2 Å². The van der Waals surface area contributed by atoms with Crippen molar-refractivity contribution in [1.82, 2.24) is 19.9 Å². The summed E-state index contributed by atoms with van der Waals surface area (Å²) in [6.07, 6.45) is 4.43. The van der Waals surface area contributed by atoms with Crippen molar-refractivity contribution in [1.29, 1.82) is 0 Å². The van der Waals surface area contributed by atoms with Gasteiger partial charge in [-0.2, -0.15) is 0 Å². The molecule has 1 saturated heterocycles. The van der Waals surface area contributed by atoms with Crippen LogP contribution in [0.5, 0.6) is 11.5 Å². The number of likely N-dealkylation sites (N-methyl/N-ethyl adjacent to an activating group) is 1. The van der Waals surface area contributed by atoms with Crippen LogP contribution in [0.2, 0.25) is 0 Å². The van der Waals surface area contributed by atoms with Crippen molar-refractivity contribution in [2.45, 2.75) is 12.5 Å². The quantitative estimate of drug-likeness (QED) is 0.486. The van der Waals surface area contributed by atoms with E-state index in [1.165, 1.54) is 0 Å². The van der Waals surface area contributed by atoms with Crippen LogP contribution in [0.1, 0.15) is 12.0 Å². The van der Waals surface area contributed by atoms with Crippen LogP contribution in [0.4, 0.5) is 11.6 Å². The monoisotopic (exact) mass is 421 g/mol. The Morgan fingerprint density at radius 2 is 2.03 bits per heavy atom. The van der Waals surface area contributed by atoms with Gasteiger partial charge in [-0.05, 0) is 25.3 Å². The number of aliphatic imine (C=N–C) groups is 2. The second-order valence-electron chi connectivity index (χ2n) is 7.37. The number of methoxy groups -OCH3 is 2. The molecule has 31 heavy (non-hydrogen) atoms. The number of nitrogens with one attached hydrogen (secondary N) is 1. The predicted molar refractivity (Wildman–Crippen MR) is 123 cm³/mol. The first-order chi connectivity index (χ1) is 15.1. The number of nitrogens with zero attached hydrogens (tertiary/aromatic N) is 6. The molecule has 1 N–H and O–H groups in total. The molecule has 0 amide bonds. The van der Waals surface area contributed by atoms with E-state index in [1.807, 2.05) is 31.4 Å². The Balaban J connectivity index is 1.62. The highest BCUT2D eigenvalue weighted by Gasteiger charge is 2.30. The molecular weight excluding hydrogens is 394 g/mol. The molecule has 0 unspecified atom stereocenters. The number of amidine groups is 1. The summed E-state index contributed by atoms with van der Waals surface area (Å²) in [5.41, 5.74) is 1.78. The number of aromatic nitrogens is 3. The van der Waals surface area contributed by atoms with Gasteiger partial charge in [0.05, 0.1) is 25.3 Å². The molecule has 9 heteroatoms. The van der Waals surface area contributed by atoms with Crippen LogP contribution in [0.15, 0.2) is 40.7 Å². The molecular formula is C22H27N7O2. The van der Waals surface area contributed by atoms with Gasteiger partial charge in [0.2, 0.25) is 0 Å². The molecule has 162 valence electrons. The molecule has 0 bridgehead atoms. The summed E-state index contributed by atoms with van der Waals surface area (Å²) in [6.45, 7) is 5.36. The SMILES string of the molecule is C=Nc1[nH]ccc1/C(=N\C)N1CC[C@@H](N(C)c2ncnc3cc(OC)c(OC)cc23)C1. The van der Waals surface area contributed by atoms with Crippen molar-refractivity contribution in [2.24, 2.45) is 9.98 Å². The lowest BCUT2D eigenvalue weighted by Crippen LogP contribution is -2.37. The zero-order valence-corrected chi connectivity index (χ0v) is 18.3. The summed E-state index contributed by atoms with van der Waals surface area (Å²) in [6, 6.07) is 6.07. The number of likely N-dealkylation sites (tertiary alicyclic amines) is 1. The Bertz CT molecular complexity index is 1120. The van der Waals surface area contributed by atoms with Gasteiger partial charge in [0, 0.05) is 50.9 Å². The number of hydrogen-bond acceptors (Lipinski definition) is 7. The normalized spacial score (nSPS) is 16.6. The predicted octanol–water partition coefficient (Wildman–Crippen LogP) is 2.89. The number of hydrogen-bond donors (Lipinski definition) is 1. The fourth-order valence-electron chi connectivity index (χ4n) is 4.18. The van der Waals surface area contributed by atoms with Crippen LogP contribution in [0, 0.1) is 0 Å². The minimum atomic E-state index is 0.266. The van der Waals surface area contributed by atoms with Crippen molar-refractivity contribution in [3.63, 3.8) is 0 Å². The van der Waals surface area contributed by atoms with E-state index in [0.717, 1.165) is 53.4 Å². The molecule has 1 fully saturated rings. The van der Waals surface area contributed by atoms with Gasteiger partial charge in [0.1, 0.15) is 23.8 Å². The molecule has 1 aliphatic heterocycles. The zero-order chi connectivity index (χ0) is 22.0. The Morgan fingerprint density at radius 1 is 1.26 bits per heavy atom. The lowest BCUT2D eigenvalue weighted by atomic mass is 10.1. The van der Waals surface area contributed by atoms with Crippen LogP contribution in [0.3, 0.4) is 0 Å². The molecule has 1 atom stereocenters. The molecule has 2 aromatic heterocycles. The van der Waals surface area contributed by atoms with Gasteiger partial charge in [-0.15, -0.1) is 0 Å². The third kappa shape index (κ3) is 3.67. The molecule has 1 aliphatic rings. The van der Waals surface area contributed by atoms with Crippen LogP contribution < -0.4 is 14.4 Å². The number of fused-ring (bicyclic) bond motifs is 1. The molecule has 3 heterocycles. The Morgan fingerprint density at radius 3 is 2.74 bits per heavy atom. The van der Waals surface area contributed by atoms with Gasteiger partial charge >= 0.3 is 0 Å². The average molecular weight is 422 g/mol. The highest BCUT2D eigenvalue weighted by molar-refractivity contribution is 6.03. The summed E-state index contributed by atoms with van der Waals surface area (Å²) in [5, 5.41) is 0.925. The van der Waals surface area contributed by atoms with Crippen LogP contribution in [0.25, 0.3) is 10.9 Å². The largest absolute Gasteiger partial charge is 0.493 e. The maximum Gasteiger partial charge on any atom is 0.162 e. The minimum Gasteiger partial charge on any atom is -0.493 e. The summed E-state index contributed by atoms with van der Waals surface area (Å²) in [7, 11) is 7.13. The molecule has 3 aromatic rings. The van der Waals surface area contributed by atoms with Crippen molar-refractivity contribution in [3.05, 3.63) is 36.3 Å². The van der Waals surface area contributed by atoms with Gasteiger partial charge < -0.3 is 24.3 Å². The number of benzene rings is 1. The average Bonchev–Trinajstić information content (AvgIpc) is 3.48. The van der Waals surface area contributed by atoms with Crippen molar-refractivity contribution < 1.29 is 9.47 Å². The fraction of sp³-hybridized carbons (Fsp3) is 0.364. The summed E-state index contributed by atoms with van der Waals surface area (Å²) in [5.74, 6) is 3.82. The maximum atomic E-state index is 5.49. The lowest BCUT2D eigenvalue weighted by molar-refractivity contribution is 0.356. The molecule has 4 rings (SSSR count). The summed E-state index contributed by atoms with van der Waals surface area (Å²) < 4.78 is 10.9. The van der Waals surface area contributed by atoms with Gasteiger partial charge in [0.25, 0.3) is 0 Å². The van der Waals surface area contributed by atoms with Gasteiger partial charge in [0.15, 0.2) is 11.5 Å². The first-order valence-corrected chi connectivity index (χ1v) is 10.1. The molecule has 0 aliphatic carbocycles. The fourth-order valence-corrected chi connectivity index (χ4v) is 4.18. The van der Waals surface area contributed by atoms with Crippen molar-refractivity contribution in [3.8, 4) is 11.5 Å². The molecule has 1 aromatic carbocycles. The summed E-state index contributed by atoms with van der Waals surface area (Å²) in [4.78, 5) is 25.2. The first-order valence-electron chi connectivity index (χ1n) is 10.1. The van der Waals surface area contributed by atoms with Gasteiger partial charge in [-0.3, -0.25) is 4.99 Å². The second kappa shape index (κ2) is 8.63. The van der Waals surface area contributed by atoms with Crippen LogP contribution in [-0.2, 0) is 0 Å². The number of anilines is 1. The highest BCUT2D eigenvalue weighted by atomic mass is 16.5. The zero-order valence-electron chi connectivity index (χ0n) is 18.3. The van der Waals surface area contributed by atoms with E-state index in [0.29, 0.717) is 11.5 Å². The van der Waals surface area contributed by atoms with E-state index in [1.54, 1.807) is 20.5 Å². The number of aromatic amines is 1. The summed E-state index contributed by atoms with van der Waals surface area (Å²) >= 11 is 0. The van der Waals surface area contributed by atoms with E-state index >= 15 is 0 Å². The molecule has 0 spiro atoms. The van der Waals surface area contributed by atoms with Crippen molar-refractivity contribution >= 4 is 35.1 Å². The third-order valence-electron chi connectivity index (χ3n) is 5.80. The first kappa shape index (κ1) is 20.6. The third-order valence-corrected chi connectivity index (χ3v) is 5.80. The standard InChI is InChI=1S/C22H27N7O2/c1-23-20-15(6-8-25-20)21(24-2)29-9-7-14(12-29)28(3)22-16-10-18(30-4)19(31-5)11-17(16)26-13-27-22/h6,8,10-11,13-14,25H,1,7,9,12H2,2-5H3/b24-21+/t14-/m1/s1. The van der Waals surface area contributed by atoms with Gasteiger partial charge in [-0.1, -0.05) is 0 Å². The van der Waals surface area contributed by atoms with Gasteiger partial charge in [-0.25, -0.2) is 15.0 Å². The minimum absolute atomic E-state index is 0.266. The van der Waals surface area contributed by atoms with Crippen LogP contribution >= 0.6 is 0 Å². The molecule has 9 nitrogen and oxygen atoms in total. The van der Waals surface area contributed by atoms with E-state index in [2.05, 4.69) is 48.5 Å². The Kier molecular flexibility index (Phi) is 5.75. The Hall–Kier alpha value is -3.62. The van der Waals surface area contributed by atoms with E-state index in [9.17, 15) is 0 Å². The lowest BCUT2D eigenvalue weighted by Gasteiger charge is -2.27. The van der Waals surface area contributed by atoms with Crippen molar-refractivity contribution in [2.75, 3.05) is 46.3 Å².